The SMILES string of the molecule is Cc1c(C(=O)N2CCN(c3ccccc3F)CC2)oc2c1/C(=N/NC(=O)c1cccs1)CCC2. The Morgan fingerprint density at radius 3 is 2.62 bits per heavy atom. The van der Waals surface area contributed by atoms with Gasteiger partial charge in [-0.1, -0.05) is 18.2 Å². The summed E-state index contributed by atoms with van der Waals surface area (Å²) >= 11 is 1.36. The quantitative estimate of drug-likeness (QED) is 0.567. The number of rotatable bonds is 4. The summed E-state index contributed by atoms with van der Waals surface area (Å²) < 4.78 is 20.2. The van der Waals surface area contributed by atoms with Gasteiger partial charge in [0.2, 0.25) is 0 Å². The van der Waals surface area contributed by atoms with E-state index in [1.165, 1.54) is 17.4 Å². The molecule has 1 aliphatic heterocycles. The average molecular weight is 481 g/mol. The van der Waals surface area contributed by atoms with Crippen molar-refractivity contribution in [2.45, 2.75) is 26.2 Å². The standard InChI is InChI=1S/C25H25FN4O3S/c1-16-22-18(27-28-24(31)21-10-5-15-34-21)7-4-9-20(22)33-23(16)25(32)30-13-11-29(12-14-30)19-8-3-2-6-17(19)26/h2-3,5-6,8,10,15H,4,7,9,11-14H2,1H3,(H,28,31)/b27-18+. The van der Waals surface area contributed by atoms with Gasteiger partial charge < -0.3 is 14.2 Å². The number of fused-ring (bicyclic) bond motifs is 1. The molecule has 0 saturated carbocycles. The number of carbonyl (C=O) groups excluding carboxylic acids is 2. The van der Waals surface area contributed by atoms with Gasteiger partial charge in [-0.3, -0.25) is 9.59 Å². The highest BCUT2D eigenvalue weighted by atomic mass is 32.1. The summed E-state index contributed by atoms with van der Waals surface area (Å²) in [6.07, 6.45) is 2.26. The summed E-state index contributed by atoms with van der Waals surface area (Å²) in [5.41, 5.74) is 5.50. The zero-order valence-electron chi connectivity index (χ0n) is 18.8. The van der Waals surface area contributed by atoms with Gasteiger partial charge in [0.1, 0.15) is 11.6 Å². The normalized spacial score (nSPS) is 17.1. The van der Waals surface area contributed by atoms with Gasteiger partial charge in [-0.2, -0.15) is 5.10 Å². The third kappa shape index (κ3) is 4.23. The van der Waals surface area contributed by atoms with Crippen LogP contribution in [-0.2, 0) is 6.42 Å². The number of benzene rings is 1. The summed E-state index contributed by atoms with van der Waals surface area (Å²) in [4.78, 5) is 29.9. The van der Waals surface area contributed by atoms with Crippen LogP contribution in [0, 0.1) is 12.7 Å². The molecule has 1 aliphatic carbocycles. The van der Waals surface area contributed by atoms with E-state index in [-0.39, 0.29) is 17.6 Å². The number of aryl methyl sites for hydroxylation is 1. The number of halogens is 1. The molecule has 3 heterocycles. The van der Waals surface area contributed by atoms with Crippen LogP contribution in [0.5, 0.6) is 0 Å². The van der Waals surface area contributed by atoms with E-state index in [0.29, 0.717) is 48.9 Å². The van der Waals surface area contributed by atoms with Crippen molar-refractivity contribution in [2.75, 3.05) is 31.1 Å². The first kappa shape index (κ1) is 22.3. The highest BCUT2D eigenvalue weighted by molar-refractivity contribution is 7.12. The molecule has 1 N–H and O–H groups in total. The molecule has 3 aromatic rings. The Balaban J connectivity index is 1.31. The first-order valence-corrected chi connectivity index (χ1v) is 12.2. The molecule has 5 rings (SSSR count). The average Bonchev–Trinajstić information content (AvgIpc) is 3.51. The molecule has 0 atom stereocenters. The third-order valence-electron chi connectivity index (χ3n) is 6.32. The van der Waals surface area contributed by atoms with Gasteiger partial charge in [0.25, 0.3) is 11.8 Å². The zero-order chi connectivity index (χ0) is 23.7. The van der Waals surface area contributed by atoms with E-state index >= 15 is 0 Å². The molecule has 7 nitrogen and oxygen atoms in total. The third-order valence-corrected chi connectivity index (χ3v) is 7.19. The summed E-state index contributed by atoms with van der Waals surface area (Å²) in [6, 6.07) is 10.3. The zero-order valence-corrected chi connectivity index (χ0v) is 19.7. The van der Waals surface area contributed by atoms with Crippen LogP contribution in [0.15, 0.2) is 51.3 Å². The Labute approximate surface area is 200 Å². The largest absolute Gasteiger partial charge is 0.455 e. The van der Waals surface area contributed by atoms with Crippen LogP contribution in [0.1, 0.15) is 50.0 Å². The number of hydrogen-bond donors (Lipinski definition) is 1. The summed E-state index contributed by atoms with van der Waals surface area (Å²) in [7, 11) is 0. The molecular weight excluding hydrogens is 455 g/mol. The highest BCUT2D eigenvalue weighted by Gasteiger charge is 2.32. The molecule has 176 valence electrons. The lowest BCUT2D eigenvalue weighted by molar-refractivity contribution is 0.0711. The molecule has 34 heavy (non-hydrogen) atoms. The number of furan rings is 1. The molecule has 1 aromatic carbocycles. The Morgan fingerprint density at radius 2 is 1.88 bits per heavy atom. The molecule has 1 fully saturated rings. The molecule has 0 spiro atoms. The van der Waals surface area contributed by atoms with E-state index < -0.39 is 0 Å². The van der Waals surface area contributed by atoms with Gasteiger partial charge in [0, 0.05) is 43.7 Å². The molecule has 0 unspecified atom stereocenters. The van der Waals surface area contributed by atoms with Crippen molar-refractivity contribution >= 4 is 34.6 Å². The van der Waals surface area contributed by atoms with Gasteiger partial charge in [-0.15, -0.1) is 11.3 Å². The monoisotopic (exact) mass is 480 g/mol. The number of carbonyl (C=O) groups is 2. The van der Waals surface area contributed by atoms with Crippen molar-refractivity contribution in [3.8, 4) is 0 Å². The van der Waals surface area contributed by atoms with Gasteiger partial charge in [-0.25, -0.2) is 9.82 Å². The summed E-state index contributed by atoms with van der Waals surface area (Å²) in [5.74, 6) is 0.390. The maximum absolute atomic E-state index is 14.1. The van der Waals surface area contributed by atoms with E-state index in [0.717, 1.165) is 35.4 Å². The second kappa shape index (κ2) is 9.42. The maximum Gasteiger partial charge on any atom is 0.289 e. The number of nitrogens with one attached hydrogen (secondary N) is 1. The fourth-order valence-corrected chi connectivity index (χ4v) is 5.18. The van der Waals surface area contributed by atoms with E-state index in [1.54, 1.807) is 23.1 Å². The molecule has 2 aliphatic rings. The fourth-order valence-electron chi connectivity index (χ4n) is 4.57. The van der Waals surface area contributed by atoms with E-state index in [9.17, 15) is 14.0 Å². The van der Waals surface area contributed by atoms with Crippen molar-refractivity contribution in [1.29, 1.82) is 0 Å². The van der Waals surface area contributed by atoms with Crippen molar-refractivity contribution in [3.05, 3.63) is 75.1 Å². The van der Waals surface area contributed by atoms with Crippen molar-refractivity contribution in [2.24, 2.45) is 5.10 Å². The van der Waals surface area contributed by atoms with Crippen LogP contribution in [0.25, 0.3) is 0 Å². The lowest BCUT2D eigenvalue weighted by Crippen LogP contribution is -2.49. The maximum atomic E-state index is 14.1. The Bertz CT molecular complexity index is 1240. The molecule has 1 saturated heterocycles. The number of hydrazone groups is 1. The van der Waals surface area contributed by atoms with Crippen molar-refractivity contribution < 1.29 is 18.4 Å². The van der Waals surface area contributed by atoms with Gasteiger partial charge in [0.05, 0.1) is 16.3 Å². The lowest BCUT2D eigenvalue weighted by atomic mass is 9.93. The van der Waals surface area contributed by atoms with Gasteiger partial charge >= 0.3 is 0 Å². The van der Waals surface area contributed by atoms with Crippen LogP contribution >= 0.6 is 11.3 Å². The number of thiophene rings is 1. The first-order valence-electron chi connectivity index (χ1n) is 11.3. The minimum absolute atomic E-state index is 0.165. The van der Waals surface area contributed by atoms with E-state index in [2.05, 4.69) is 10.5 Å². The van der Waals surface area contributed by atoms with Gasteiger partial charge in [0.15, 0.2) is 5.76 Å². The minimum atomic E-state index is -0.255. The van der Waals surface area contributed by atoms with Crippen LogP contribution in [0.3, 0.4) is 0 Å². The van der Waals surface area contributed by atoms with Crippen LogP contribution < -0.4 is 10.3 Å². The smallest absolute Gasteiger partial charge is 0.289 e. The molecular formula is C25H25FN4O3S. The second-order valence-corrected chi connectivity index (χ2v) is 9.36. The molecule has 9 heteroatoms. The number of hydrogen-bond acceptors (Lipinski definition) is 6. The highest BCUT2D eigenvalue weighted by Crippen LogP contribution is 2.31. The Kier molecular flexibility index (Phi) is 6.19. The van der Waals surface area contributed by atoms with Crippen LogP contribution in [-0.4, -0.2) is 48.6 Å². The van der Waals surface area contributed by atoms with Crippen molar-refractivity contribution in [3.63, 3.8) is 0 Å². The Hall–Kier alpha value is -3.46. The second-order valence-electron chi connectivity index (χ2n) is 8.42. The number of para-hydroxylation sites is 1. The first-order chi connectivity index (χ1) is 16.5. The van der Waals surface area contributed by atoms with E-state index in [1.807, 2.05) is 29.3 Å². The van der Waals surface area contributed by atoms with Gasteiger partial charge in [-0.05, 0) is 43.3 Å². The number of amides is 2. The van der Waals surface area contributed by atoms with Crippen LogP contribution in [0.2, 0.25) is 0 Å². The summed E-state index contributed by atoms with van der Waals surface area (Å²) in [6.45, 7) is 3.93. The topological polar surface area (TPSA) is 78.2 Å². The molecule has 2 aromatic heterocycles. The molecule has 0 bridgehead atoms. The molecule has 2 amide bonds. The lowest BCUT2D eigenvalue weighted by Gasteiger charge is -2.35. The Morgan fingerprint density at radius 1 is 1.09 bits per heavy atom. The minimum Gasteiger partial charge on any atom is -0.455 e. The number of anilines is 1. The fraction of sp³-hybridized carbons (Fsp3) is 0.320. The number of nitrogens with zero attached hydrogens (tertiary/aromatic N) is 3. The summed E-state index contributed by atoms with van der Waals surface area (Å²) in [5, 5.41) is 6.22. The van der Waals surface area contributed by atoms with Crippen LogP contribution in [0.4, 0.5) is 10.1 Å². The number of piperazine rings is 1. The van der Waals surface area contributed by atoms with E-state index in [4.69, 9.17) is 4.42 Å². The molecule has 0 radical (unpaired) electrons. The predicted octanol–water partition coefficient (Wildman–Crippen LogP) is 4.22. The van der Waals surface area contributed by atoms with Crippen molar-refractivity contribution in [1.82, 2.24) is 10.3 Å². The predicted molar refractivity (Wildman–Crippen MR) is 129 cm³/mol.